The zero-order valence-electron chi connectivity index (χ0n) is 14.8. The van der Waals surface area contributed by atoms with Gasteiger partial charge < -0.3 is 20.7 Å². The highest BCUT2D eigenvalue weighted by Gasteiger charge is 2.32. The standard InChI is InChI=1S/C18H24ClN3O3/c1-4-14-16(17(23)25-5-2)15(22-18(24)21-14)10-20-11(3)12-6-8-13(19)9-7-12/h6-9,11,14,20H,4-5,10H2,1-3H3,(H2,21,22,24)/p+1/t11-,14+/m1/s1. The van der Waals surface area contributed by atoms with Gasteiger partial charge in [-0.05, 0) is 32.4 Å². The van der Waals surface area contributed by atoms with Gasteiger partial charge in [-0.1, -0.05) is 30.7 Å². The molecule has 1 aromatic carbocycles. The fourth-order valence-electron chi connectivity index (χ4n) is 2.82. The predicted molar refractivity (Wildman–Crippen MR) is 96.1 cm³/mol. The molecule has 0 aliphatic carbocycles. The highest BCUT2D eigenvalue weighted by Crippen LogP contribution is 2.17. The zero-order valence-corrected chi connectivity index (χ0v) is 15.5. The summed E-state index contributed by atoms with van der Waals surface area (Å²) in [7, 11) is 0. The number of benzene rings is 1. The number of hydrogen-bond acceptors (Lipinski definition) is 3. The summed E-state index contributed by atoms with van der Waals surface area (Å²) in [6.07, 6.45) is 0.623. The van der Waals surface area contributed by atoms with E-state index in [1.165, 1.54) is 0 Å². The number of amides is 2. The average molecular weight is 367 g/mol. The number of nitrogens with two attached hydrogens (primary N) is 1. The Morgan fingerprint density at radius 2 is 2.00 bits per heavy atom. The van der Waals surface area contributed by atoms with Crippen molar-refractivity contribution >= 4 is 23.6 Å². The summed E-state index contributed by atoms with van der Waals surface area (Å²) in [5.41, 5.74) is 2.23. The number of rotatable bonds is 7. The van der Waals surface area contributed by atoms with Crippen LogP contribution in [0.15, 0.2) is 35.5 Å². The smallest absolute Gasteiger partial charge is 0.338 e. The van der Waals surface area contributed by atoms with E-state index in [1.807, 2.05) is 31.2 Å². The molecule has 25 heavy (non-hydrogen) atoms. The number of quaternary nitrogens is 1. The van der Waals surface area contributed by atoms with Crippen molar-refractivity contribution in [1.82, 2.24) is 10.6 Å². The van der Waals surface area contributed by atoms with Crippen LogP contribution in [0.4, 0.5) is 4.79 Å². The number of carbonyl (C=O) groups excluding carboxylic acids is 2. The number of hydrogen-bond donors (Lipinski definition) is 3. The normalized spacial score (nSPS) is 18.4. The first kappa shape index (κ1) is 19.3. The lowest BCUT2D eigenvalue weighted by atomic mass is 10.00. The van der Waals surface area contributed by atoms with Crippen LogP contribution in [0.25, 0.3) is 0 Å². The van der Waals surface area contributed by atoms with Gasteiger partial charge in [-0.3, -0.25) is 0 Å². The van der Waals surface area contributed by atoms with Crippen molar-refractivity contribution in [2.45, 2.75) is 39.3 Å². The molecule has 2 amide bonds. The van der Waals surface area contributed by atoms with E-state index in [0.29, 0.717) is 35.9 Å². The molecule has 0 radical (unpaired) electrons. The molecular weight excluding hydrogens is 342 g/mol. The van der Waals surface area contributed by atoms with Gasteiger partial charge in [-0.15, -0.1) is 0 Å². The summed E-state index contributed by atoms with van der Waals surface area (Å²) in [5.74, 6) is -0.385. The highest BCUT2D eigenvalue weighted by atomic mass is 35.5. The third-order valence-corrected chi connectivity index (χ3v) is 4.47. The van der Waals surface area contributed by atoms with Crippen LogP contribution in [0.3, 0.4) is 0 Å². The first-order valence-corrected chi connectivity index (χ1v) is 8.90. The van der Waals surface area contributed by atoms with Gasteiger partial charge in [0, 0.05) is 10.6 Å². The molecule has 0 saturated heterocycles. The van der Waals surface area contributed by atoms with Crippen LogP contribution in [0, 0.1) is 0 Å². The number of ether oxygens (including phenoxy) is 1. The average Bonchev–Trinajstić information content (AvgIpc) is 2.59. The second-order valence-electron chi connectivity index (χ2n) is 5.95. The molecule has 2 rings (SSSR count). The first-order chi connectivity index (χ1) is 12.0. The number of urea groups is 1. The van der Waals surface area contributed by atoms with E-state index >= 15 is 0 Å². The quantitative estimate of drug-likeness (QED) is 0.644. The number of nitrogens with one attached hydrogen (secondary N) is 2. The fourth-order valence-corrected chi connectivity index (χ4v) is 2.95. The number of esters is 1. The molecule has 1 heterocycles. The van der Waals surface area contributed by atoms with Gasteiger partial charge in [-0.25, -0.2) is 9.59 Å². The van der Waals surface area contributed by atoms with Gasteiger partial charge in [0.15, 0.2) is 0 Å². The Kier molecular flexibility index (Phi) is 6.84. The van der Waals surface area contributed by atoms with Crippen molar-refractivity contribution in [2.75, 3.05) is 13.2 Å². The van der Waals surface area contributed by atoms with Crippen molar-refractivity contribution < 1.29 is 19.6 Å². The van der Waals surface area contributed by atoms with Crippen LogP contribution in [0.5, 0.6) is 0 Å². The third-order valence-electron chi connectivity index (χ3n) is 4.22. The molecule has 0 spiro atoms. The minimum absolute atomic E-state index is 0.153. The molecule has 0 bridgehead atoms. The summed E-state index contributed by atoms with van der Waals surface area (Å²) in [6, 6.07) is 7.18. The number of carbonyl (C=O) groups is 2. The van der Waals surface area contributed by atoms with Crippen LogP contribution in [0.1, 0.15) is 38.8 Å². The minimum atomic E-state index is -0.385. The molecule has 7 heteroatoms. The second-order valence-corrected chi connectivity index (χ2v) is 6.39. The van der Waals surface area contributed by atoms with E-state index in [0.717, 1.165) is 5.56 Å². The van der Waals surface area contributed by atoms with E-state index in [2.05, 4.69) is 22.9 Å². The molecule has 4 N–H and O–H groups in total. The maximum atomic E-state index is 12.3. The van der Waals surface area contributed by atoms with Gasteiger partial charge in [0.25, 0.3) is 0 Å². The SMILES string of the molecule is CCOC(=O)C1=C(C[NH2+][C@H](C)c2ccc(Cl)cc2)NC(=O)N[C@H]1CC. The molecular formula is C18H25ClN3O3+. The van der Waals surface area contributed by atoms with Gasteiger partial charge in [0.05, 0.1) is 23.9 Å². The number of halogens is 1. The topological polar surface area (TPSA) is 84.0 Å². The fraction of sp³-hybridized carbons (Fsp3) is 0.444. The van der Waals surface area contributed by atoms with Crippen LogP contribution < -0.4 is 16.0 Å². The van der Waals surface area contributed by atoms with Gasteiger partial charge >= 0.3 is 12.0 Å². The monoisotopic (exact) mass is 366 g/mol. The summed E-state index contributed by atoms with van der Waals surface area (Å²) >= 11 is 5.92. The molecule has 1 aromatic rings. The zero-order chi connectivity index (χ0) is 18.4. The van der Waals surface area contributed by atoms with Crippen LogP contribution >= 0.6 is 11.6 Å². The molecule has 1 aliphatic rings. The molecule has 0 aromatic heterocycles. The summed E-state index contributed by atoms with van der Waals surface area (Å²) in [4.78, 5) is 24.2. The maximum absolute atomic E-state index is 12.3. The largest absolute Gasteiger partial charge is 0.463 e. The van der Waals surface area contributed by atoms with E-state index in [4.69, 9.17) is 16.3 Å². The maximum Gasteiger partial charge on any atom is 0.338 e. The van der Waals surface area contributed by atoms with Gasteiger partial charge in [0.2, 0.25) is 0 Å². The van der Waals surface area contributed by atoms with E-state index in [-0.39, 0.29) is 24.1 Å². The van der Waals surface area contributed by atoms with E-state index in [9.17, 15) is 9.59 Å². The first-order valence-electron chi connectivity index (χ1n) is 8.52. The van der Waals surface area contributed by atoms with Crippen LogP contribution in [-0.4, -0.2) is 31.2 Å². The highest BCUT2D eigenvalue weighted by molar-refractivity contribution is 6.30. The summed E-state index contributed by atoms with van der Waals surface area (Å²) in [5, 5.41) is 8.30. The molecule has 136 valence electrons. The van der Waals surface area contributed by atoms with Gasteiger partial charge in [-0.2, -0.15) is 0 Å². The molecule has 2 atom stereocenters. The Hall–Kier alpha value is -2.05. The molecule has 0 fully saturated rings. The molecule has 1 aliphatic heterocycles. The molecule has 0 saturated carbocycles. The predicted octanol–water partition coefficient (Wildman–Crippen LogP) is 1.87. The Balaban J connectivity index is 2.17. The summed E-state index contributed by atoms with van der Waals surface area (Å²) < 4.78 is 5.17. The third kappa shape index (κ3) is 4.96. The lowest BCUT2D eigenvalue weighted by Crippen LogP contribution is -2.86. The Morgan fingerprint density at radius 3 is 2.60 bits per heavy atom. The lowest BCUT2D eigenvalue weighted by molar-refractivity contribution is -0.686. The van der Waals surface area contributed by atoms with E-state index < -0.39 is 0 Å². The van der Waals surface area contributed by atoms with Crippen LogP contribution in [-0.2, 0) is 9.53 Å². The van der Waals surface area contributed by atoms with Crippen molar-refractivity contribution in [1.29, 1.82) is 0 Å². The molecule has 6 nitrogen and oxygen atoms in total. The second kappa shape index (κ2) is 8.87. The van der Waals surface area contributed by atoms with Crippen molar-refractivity contribution in [3.8, 4) is 0 Å². The Bertz CT molecular complexity index is 658. The lowest BCUT2D eigenvalue weighted by Gasteiger charge is -2.28. The van der Waals surface area contributed by atoms with Crippen LogP contribution in [0.2, 0.25) is 5.02 Å². The van der Waals surface area contributed by atoms with Crippen molar-refractivity contribution in [3.63, 3.8) is 0 Å². The molecule has 0 unspecified atom stereocenters. The summed E-state index contributed by atoms with van der Waals surface area (Å²) in [6.45, 7) is 6.52. The Morgan fingerprint density at radius 1 is 1.32 bits per heavy atom. The van der Waals surface area contributed by atoms with E-state index in [1.54, 1.807) is 6.92 Å². The van der Waals surface area contributed by atoms with Crippen molar-refractivity contribution in [3.05, 3.63) is 46.1 Å². The minimum Gasteiger partial charge on any atom is -0.463 e. The van der Waals surface area contributed by atoms with Crippen molar-refractivity contribution in [2.24, 2.45) is 0 Å². The van der Waals surface area contributed by atoms with Gasteiger partial charge in [0.1, 0.15) is 12.6 Å². The Labute approximate surface area is 153 Å².